The van der Waals surface area contributed by atoms with Crippen LogP contribution in [0.2, 0.25) is 0 Å². The number of aliphatic hydroxyl groups is 1. The topological polar surface area (TPSA) is 37.3 Å². The van der Waals surface area contributed by atoms with E-state index in [2.05, 4.69) is 6.92 Å². The van der Waals surface area contributed by atoms with Crippen molar-refractivity contribution in [1.29, 1.82) is 0 Å². The Hall–Kier alpha value is 0.110. The summed E-state index contributed by atoms with van der Waals surface area (Å²) >= 11 is 0. The number of hydrogen-bond donors (Lipinski definition) is 1. The molecule has 1 fully saturated rings. The summed E-state index contributed by atoms with van der Waals surface area (Å²) in [6.45, 7) is 2.26. The molecule has 1 saturated carbocycles. The van der Waals surface area contributed by atoms with E-state index in [1.54, 1.807) is 0 Å². The van der Waals surface area contributed by atoms with Gasteiger partial charge < -0.3 is 5.11 Å². The second-order valence-corrected chi connectivity index (χ2v) is 8.43. The third-order valence-corrected chi connectivity index (χ3v) is 6.62. The minimum Gasteiger partial charge on any atom is -0.392 e. The molecular weight excluding hydrogens is 280 g/mol. The van der Waals surface area contributed by atoms with Crippen LogP contribution in [0.15, 0.2) is 0 Å². The van der Waals surface area contributed by atoms with Gasteiger partial charge >= 0.3 is 0 Å². The average Bonchev–Trinajstić information content (AvgIpc) is 2.49. The van der Waals surface area contributed by atoms with Crippen molar-refractivity contribution < 1.29 is 9.32 Å². The van der Waals surface area contributed by atoms with Gasteiger partial charge in [-0.15, -0.1) is 0 Å². The SMILES string of the molecule is CCCCCCCCCCCC[S@@](=O)C1CCCCC1O. The van der Waals surface area contributed by atoms with Gasteiger partial charge in [0.05, 0.1) is 11.4 Å². The molecule has 1 rings (SSSR count). The Labute approximate surface area is 134 Å². The van der Waals surface area contributed by atoms with Crippen LogP contribution in [0.25, 0.3) is 0 Å². The first-order valence-corrected chi connectivity index (χ1v) is 10.7. The molecule has 0 heterocycles. The van der Waals surface area contributed by atoms with Gasteiger partial charge in [-0.3, -0.25) is 4.21 Å². The zero-order chi connectivity index (χ0) is 15.3. The second kappa shape index (κ2) is 12.6. The Bertz CT molecular complexity index is 268. The van der Waals surface area contributed by atoms with Crippen molar-refractivity contribution >= 4 is 10.8 Å². The molecule has 0 aliphatic heterocycles. The number of unbranched alkanes of at least 4 members (excludes halogenated alkanes) is 9. The lowest BCUT2D eigenvalue weighted by Crippen LogP contribution is -2.34. The molecule has 0 aromatic heterocycles. The monoisotopic (exact) mass is 316 g/mol. The number of hydrogen-bond acceptors (Lipinski definition) is 2. The maximum atomic E-state index is 12.2. The normalized spacial score (nSPS) is 24.1. The van der Waals surface area contributed by atoms with E-state index in [1.807, 2.05) is 0 Å². The molecule has 3 atom stereocenters. The Morgan fingerprint density at radius 2 is 1.38 bits per heavy atom. The van der Waals surface area contributed by atoms with E-state index in [4.69, 9.17) is 0 Å². The standard InChI is InChI=1S/C18H36O2S/c1-2-3-4-5-6-7-8-9-10-13-16-21(20)18-15-12-11-14-17(18)19/h17-19H,2-16H2,1H3/t17?,18?,21-/m1/s1. The minimum atomic E-state index is -0.799. The minimum absolute atomic E-state index is 0.0670. The molecule has 0 aromatic carbocycles. The predicted molar refractivity (Wildman–Crippen MR) is 93.1 cm³/mol. The van der Waals surface area contributed by atoms with Crippen LogP contribution in [0.5, 0.6) is 0 Å². The summed E-state index contributed by atoms with van der Waals surface area (Å²) in [5.74, 6) is 0.804. The fourth-order valence-corrected chi connectivity index (χ4v) is 4.97. The third-order valence-electron chi connectivity index (χ3n) is 4.70. The molecule has 0 aromatic rings. The van der Waals surface area contributed by atoms with E-state index in [0.717, 1.165) is 37.9 Å². The van der Waals surface area contributed by atoms with E-state index in [0.29, 0.717) is 0 Å². The van der Waals surface area contributed by atoms with E-state index >= 15 is 0 Å². The van der Waals surface area contributed by atoms with Gasteiger partial charge in [0.1, 0.15) is 0 Å². The van der Waals surface area contributed by atoms with Crippen molar-refractivity contribution in [3.8, 4) is 0 Å². The fraction of sp³-hybridized carbons (Fsp3) is 1.00. The van der Waals surface area contributed by atoms with Gasteiger partial charge in [-0.1, -0.05) is 77.6 Å². The lowest BCUT2D eigenvalue weighted by Gasteiger charge is -2.26. The van der Waals surface area contributed by atoms with Crippen LogP contribution in [0, 0.1) is 0 Å². The van der Waals surface area contributed by atoms with Crippen molar-refractivity contribution in [2.75, 3.05) is 5.75 Å². The zero-order valence-electron chi connectivity index (χ0n) is 14.0. The van der Waals surface area contributed by atoms with Crippen LogP contribution < -0.4 is 0 Å². The highest BCUT2D eigenvalue weighted by atomic mass is 32.2. The molecule has 0 bridgehead atoms. The van der Waals surface area contributed by atoms with Crippen LogP contribution in [0.1, 0.15) is 96.8 Å². The van der Waals surface area contributed by atoms with Crippen LogP contribution in [0.3, 0.4) is 0 Å². The van der Waals surface area contributed by atoms with E-state index in [-0.39, 0.29) is 11.4 Å². The molecule has 0 amide bonds. The Balaban J connectivity index is 1.90. The molecule has 3 heteroatoms. The Morgan fingerprint density at radius 3 is 1.95 bits per heavy atom. The highest BCUT2D eigenvalue weighted by Gasteiger charge is 2.27. The van der Waals surface area contributed by atoms with Gasteiger partial charge in [-0.2, -0.15) is 0 Å². The van der Waals surface area contributed by atoms with Crippen molar-refractivity contribution in [3.63, 3.8) is 0 Å². The average molecular weight is 317 g/mol. The predicted octanol–water partition coefficient (Wildman–Crippen LogP) is 4.96. The van der Waals surface area contributed by atoms with E-state index in [1.165, 1.54) is 57.8 Å². The number of aliphatic hydroxyl groups excluding tert-OH is 1. The summed E-state index contributed by atoms with van der Waals surface area (Å²) < 4.78 is 12.2. The van der Waals surface area contributed by atoms with E-state index < -0.39 is 10.8 Å². The van der Waals surface area contributed by atoms with Crippen LogP contribution >= 0.6 is 0 Å². The van der Waals surface area contributed by atoms with E-state index in [9.17, 15) is 9.32 Å². The summed E-state index contributed by atoms with van der Waals surface area (Å²) in [6, 6.07) is 0. The zero-order valence-corrected chi connectivity index (χ0v) is 14.8. The summed E-state index contributed by atoms with van der Waals surface area (Å²) in [4.78, 5) is 0. The molecule has 0 radical (unpaired) electrons. The first kappa shape index (κ1) is 19.2. The molecule has 21 heavy (non-hydrogen) atoms. The van der Waals surface area contributed by atoms with Crippen molar-refractivity contribution in [1.82, 2.24) is 0 Å². The summed E-state index contributed by atoms with van der Waals surface area (Å²) in [5.41, 5.74) is 0. The lowest BCUT2D eigenvalue weighted by atomic mass is 9.97. The molecule has 1 N–H and O–H groups in total. The molecule has 126 valence electrons. The first-order valence-electron chi connectivity index (χ1n) is 9.31. The van der Waals surface area contributed by atoms with Gasteiger partial charge in [-0.25, -0.2) is 0 Å². The molecule has 0 spiro atoms. The quantitative estimate of drug-likeness (QED) is 0.517. The highest BCUT2D eigenvalue weighted by Crippen LogP contribution is 2.23. The van der Waals surface area contributed by atoms with Gasteiger partial charge in [0.2, 0.25) is 0 Å². The molecule has 1 aliphatic rings. The maximum absolute atomic E-state index is 12.2. The van der Waals surface area contributed by atoms with Crippen molar-refractivity contribution in [3.05, 3.63) is 0 Å². The lowest BCUT2D eigenvalue weighted by molar-refractivity contribution is 0.135. The smallest absolute Gasteiger partial charge is 0.0683 e. The molecule has 2 unspecified atom stereocenters. The van der Waals surface area contributed by atoms with Crippen LogP contribution in [0.4, 0.5) is 0 Å². The van der Waals surface area contributed by atoms with Crippen molar-refractivity contribution in [2.24, 2.45) is 0 Å². The van der Waals surface area contributed by atoms with Crippen LogP contribution in [-0.4, -0.2) is 26.4 Å². The summed E-state index contributed by atoms with van der Waals surface area (Å²) in [6.07, 6.45) is 17.0. The largest absolute Gasteiger partial charge is 0.392 e. The van der Waals surface area contributed by atoms with Crippen molar-refractivity contribution in [2.45, 2.75) is 108 Å². The van der Waals surface area contributed by atoms with Gasteiger partial charge in [-0.05, 0) is 19.3 Å². The highest BCUT2D eigenvalue weighted by molar-refractivity contribution is 7.85. The Morgan fingerprint density at radius 1 is 0.857 bits per heavy atom. The van der Waals surface area contributed by atoms with Gasteiger partial charge in [0, 0.05) is 16.6 Å². The second-order valence-electron chi connectivity index (χ2n) is 6.66. The number of rotatable bonds is 12. The molecule has 2 nitrogen and oxygen atoms in total. The third kappa shape index (κ3) is 8.97. The van der Waals surface area contributed by atoms with Gasteiger partial charge in [0.25, 0.3) is 0 Å². The fourth-order valence-electron chi connectivity index (χ4n) is 3.27. The maximum Gasteiger partial charge on any atom is 0.0683 e. The molecular formula is C18H36O2S. The molecule has 1 aliphatic carbocycles. The molecule has 0 saturated heterocycles. The van der Waals surface area contributed by atoms with Crippen LogP contribution in [-0.2, 0) is 10.8 Å². The first-order chi connectivity index (χ1) is 10.3. The van der Waals surface area contributed by atoms with Gasteiger partial charge in [0.15, 0.2) is 0 Å². The Kier molecular flexibility index (Phi) is 11.5. The summed E-state index contributed by atoms with van der Waals surface area (Å²) in [5, 5.41) is 9.97. The summed E-state index contributed by atoms with van der Waals surface area (Å²) in [7, 11) is -0.799.